The zero-order chi connectivity index (χ0) is 15.6. The molecule has 0 saturated carbocycles. The third-order valence-electron chi connectivity index (χ3n) is 4.44. The number of pyridine rings is 1. The zero-order valence-corrected chi connectivity index (χ0v) is 13.5. The second-order valence-corrected chi connectivity index (χ2v) is 6.94. The highest BCUT2D eigenvalue weighted by Gasteiger charge is 2.35. The zero-order valence-electron chi connectivity index (χ0n) is 12.7. The minimum Gasteiger partial charge on any atom is -0.334 e. The van der Waals surface area contributed by atoms with Gasteiger partial charge in [-0.15, -0.1) is 11.8 Å². The average Bonchev–Trinajstić information content (AvgIpc) is 3.35. The van der Waals surface area contributed by atoms with Crippen LogP contribution in [0.3, 0.4) is 0 Å². The van der Waals surface area contributed by atoms with Crippen LogP contribution >= 0.6 is 11.8 Å². The summed E-state index contributed by atoms with van der Waals surface area (Å²) in [6, 6.07) is 6.05. The Morgan fingerprint density at radius 1 is 1.39 bits per heavy atom. The number of hydrogen-bond donors (Lipinski definition) is 1. The Kier molecular flexibility index (Phi) is 3.91. The Balaban J connectivity index is 1.53. The standard InChI is InChI=1S/C17H18N4OS/c22-17(12-8-16(23-11-12)13-9-19-20-10-13)21-7-3-5-15(21)14-4-1-2-6-18-14/h1-2,4,6,8-10,12,15H,3,5,7,11H2,(H,19,20). The molecule has 0 bridgehead atoms. The van der Waals surface area contributed by atoms with Gasteiger partial charge in [0.1, 0.15) is 0 Å². The first-order valence-corrected chi connectivity index (χ1v) is 8.86. The first kappa shape index (κ1) is 14.5. The monoisotopic (exact) mass is 326 g/mol. The van der Waals surface area contributed by atoms with Gasteiger partial charge in [0.15, 0.2) is 0 Å². The maximum atomic E-state index is 13.0. The van der Waals surface area contributed by atoms with Crippen LogP contribution in [0.15, 0.2) is 42.9 Å². The molecular formula is C17H18N4OS. The van der Waals surface area contributed by atoms with E-state index < -0.39 is 0 Å². The third-order valence-corrected chi connectivity index (χ3v) is 5.64. The molecule has 1 fully saturated rings. The van der Waals surface area contributed by atoms with Crippen molar-refractivity contribution < 1.29 is 4.79 Å². The molecule has 4 heterocycles. The largest absolute Gasteiger partial charge is 0.334 e. The summed E-state index contributed by atoms with van der Waals surface area (Å²) in [4.78, 5) is 20.6. The van der Waals surface area contributed by atoms with Crippen molar-refractivity contribution in [1.29, 1.82) is 0 Å². The summed E-state index contributed by atoms with van der Waals surface area (Å²) in [6.07, 6.45) is 9.62. The van der Waals surface area contributed by atoms with Gasteiger partial charge < -0.3 is 4.90 Å². The maximum absolute atomic E-state index is 13.0. The van der Waals surface area contributed by atoms with E-state index in [1.54, 1.807) is 24.2 Å². The smallest absolute Gasteiger partial charge is 0.230 e. The van der Waals surface area contributed by atoms with E-state index in [2.05, 4.69) is 21.3 Å². The van der Waals surface area contributed by atoms with Crippen LogP contribution in [-0.4, -0.2) is 38.3 Å². The highest BCUT2D eigenvalue weighted by Crippen LogP contribution is 2.39. The van der Waals surface area contributed by atoms with Gasteiger partial charge >= 0.3 is 0 Å². The second-order valence-electron chi connectivity index (χ2n) is 5.88. The first-order chi connectivity index (χ1) is 11.3. The Bertz CT molecular complexity index is 713. The van der Waals surface area contributed by atoms with Crippen LogP contribution in [0.4, 0.5) is 0 Å². The Labute approximate surface area is 139 Å². The molecule has 5 nitrogen and oxygen atoms in total. The van der Waals surface area contributed by atoms with Crippen LogP contribution in [0.5, 0.6) is 0 Å². The van der Waals surface area contributed by atoms with E-state index in [9.17, 15) is 4.79 Å². The van der Waals surface area contributed by atoms with E-state index in [4.69, 9.17) is 0 Å². The van der Waals surface area contributed by atoms with Crippen LogP contribution in [0, 0.1) is 5.92 Å². The summed E-state index contributed by atoms with van der Waals surface area (Å²) in [5.74, 6) is 0.989. The van der Waals surface area contributed by atoms with Gasteiger partial charge in [-0.25, -0.2) is 0 Å². The van der Waals surface area contributed by atoms with Gasteiger partial charge in [0.25, 0.3) is 0 Å². The molecule has 1 N–H and O–H groups in total. The van der Waals surface area contributed by atoms with Crippen LogP contribution in [0.2, 0.25) is 0 Å². The van der Waals surface area contributed by atoms with Gasteiger partial charge in [-0.2, -0.15) is 5.10 Å². The molecule has 1 amide bonds. The minimum atomic E-state index is -0.0470. The fourth-order valence-electron chi connectivity index (χ4n) is 3.29. The maximum Gasteiger partial charge on any atom is 0.230 e. The molecule has 0 radical (unpaired) electrons. The Morgan fingerprint density at radius 3 is 3.13 bits per heavy atom. The summed E-state index contributed by atoms with van der Waals surface area (Å²) in [6.45, 7) is 0.829. The molecule has 6 heteroatoms. The molecule has 2 aromatic rings. The molecule has 2 aliphatic heterocycles. The lowest BCUT2D eigenvalue weighted by Crippen LogP contribution is -2.35. The molecule has 118 valence electrons. The predicted molar refractivity (Wildman–Crippen MR) is 90.4 cm³/mol. The molecule has 0 spiro atoms. The lowest BCUT2D eigenvalue weighted by Gasteiger charge is -2.26. The van der Waals surface area contributed by atoms with Crippen molar-refractivity contribution >= 4 is 22.6 Å². The van der Waals surface area contributed by atoms with E-state index in [1.165, 1.54) is 0 Å². The van der Waals surface area contributed by atoms with E-state index in [0.29, 0.717) is 0 Å². The molecule has 0 aliphatic carbocycles. The number of carbonyl (C=O) groups excluding carboxylic acids is 1. The predicted octanol–water partition coefficient (Wildman–Crippen LogP) is 2.87. The number of likely N-dealkylation sites (tertiary alicyclic amines) is 1. The highest BCUT2D eigenvalue weighted by molar-refractivity contribution is 8.08. The number of nitrogens with one attached hydrogen (secondary N) is 1. The molecule has 1 saturated heterocycles. The van der Waals surface area contributed by atoms with Crippen molar-refractivity contribution in [3.8, 4) is 0 Å². The lowest BCUT2D eigenvalue weighted by atomic mass is 10.1. The van der Waals surface area contributed by atoms with Gasteiger partial charge in [-0.3, -0.25) is 14.9 Å². The molecule has 2 unspecified atom stereocenters. The van der Waals surface area contributed by atoms with Gasteiger partial charge in [0.2, 0.25) is 5.91 Å². The van der Waals surface area contributed by atoms with Crippen molar-refractivity contribution in [2.45, 2.75) is 18.9 Å². The fourth-order valence-corrected chi connectivity index (χ4v) is 4.43. The summed E-state index contributed by atoms with van der Waals surface area (Å²) in [7, 11) is 0. The van der Waals surface area contributed by atoms with Gasteiger partial charge in [-0.1, -0.05) is 12.1 Å². The van der Waals surface area contributed by atoms with Crippen LogP contribution in [0.25, 0.3) is 4.91 Å². The summed E-state index contributed by atoms with van der Waals surface area (Å²) in [5, 5.41) is 6.81. The number of rotatable bonds is 3. The molecule has 4 rings (SSSR count). The number of carbonyl (C=O) groups is 1. The van der Waals surface area contributed by atoms with Crippen molar-refractivity contribution in [1.82, 2.24) is 20.1 Å². The molecular weight excluding hydrogens is 308 g/mol. The quantitative estimate of drug-likeness (QED) is 0.942. The van der Waals surface area contributed by atoms with Crippen molar-refractivity contribution in [2.75, 3.05) is 12.3 Å². The van der Waals surface area contributed by atoms with Gasteiger partial charge in [0.05, 0.1) is 23.9 Å². The van der Waals surface area contributed by atoms with Gasteiger partial charge in [0, 0.05) is 35.2 Å². The Hall–Kier alpha value is -2.08. The summed E-state index contributed by atoms with van der Waals surface area (Å²) < 4.78 is 0. The minimum absolute atomic E-state index is 0.0470. The fraction of sp³-hybridized carbons (Fsp3) is 0.353. The van der Waals surface area contributed by atoms with Crippen LogP contribution in [-0.2, 0) is 4.79 Å². The number of hydrogen-bond acceptors (Lipinski definition) is 4. The van der Waals surface area contributed by atoms with E-state index in [0.717, 1.165) is 41.3 Å². The van der Waals surface area contributed by atoms with E-state index in [1.807, 2.05) is 29.3 Å². The van der Waals surface area contributed by atoms with E-state index in [-0.39, 0.29) is 17.9 Å². The van der Waals surface area contributed by atoms with Crippen LogP contribution in [0.1, 0.15) is 30.1 Å². The highest BCUT2D eigenvalue weighted by atomic mass is 32.2. The normalized spacial score (nSPS) is 24.0. The molecule has 0 aromatic carbocycles. The van der Waals surface area contributed by atoms with Gasteiger partial charge in [-0.05, 0) is 25.0 Å². The number of aromatic amines is 1. The van der Waals surface area contributed by atoms with Crippen LogP contribution < -0.4 is 0 Å². The Morgan fingerprint density at radius 2 is 2.35 bits per heavy atom. The number of aromatic nitrogens is 3. The number of H-pyrrole nitrogens is 1. The number of nitrogens with zero attached hydrogens (tertiary/aromatic N) is 3. The lowest BCUT2D eigenvalue weighted by molar-refractivity contribution is -0.134. The molecule has 2 aromatic heterocycles. The number of thioether (sulfide) groups is 1. The molecule has 23 heavy (non-hydrogen) atoms. The summed E-state index contributed by atoms with van der Waals surface area (Å²) in [5.41, 5.74) is 2.07. The molecule has 2 atom stereocenters. The summed E-state index contributed by atoms with van der Waals surface area (Å²) >= 11 is 1.73. The van der Waals surface area contributed by atoms with Crippen molar-refractivity contribution in [3.05, 3.63) is 54.1 Å². The number of amides is 1. The van der Waals surface area contributed by atoms with Crippen molar-refractivity contribution in [3.63, 3.8) is 0 Å². The van der Waals surface area contributed by atoms with Crippen molar-refractivity contribution in [2.24, 2.45) is 5.92 Å². The SMILES string of the molecule is O=C(C1C=C(c2cn[nH]c2)SC1)N1CCCC1c1ccccn1. The topological polar surface area (TPSA) is 61.9 Å². The molecule has 2 aliphatic rings. The second kappa shape index (κ2) is 6.20. The average molecular weight is 326 g/mol. The van der Waals surface area contributed by atoms with E-state index >= 15 is 0 Å². The third kappa shape index (κ3) is 2.79. The first-order valence-electron chi connectivity index (χ1n) is 7.88.